The SMILES string of the molecule is C.C.COC(=O)[C@@H]1Cc2ccccc2N1C(=O)c1cc(OC)c(OCc2ccccc2)cc1[N+](=O)[O-].COc1cc2c(cc1O)NC(=O)[C@@H]1Cc3ccccc3N1C2=O. The third kappa shape index (κ3) is 8.08. The Kier molecular flexibility index (Phi) is 12.9. The Bertz CT molecular complexity index is 2420. The highest BCUT2D eigenvalue weighted by Crippen LogP contribution is 2.41. The lowest BCUT2D eigenvalue weighted by Gasteiger charge is -2.24. The molecule has 3 amide bonds. The van der Waals surface area contributed by atoms with E-state index in [0.29, 0.717) is 23.4 Å². The summed E-state index contributed by atoms with van der Waals surface area (Å²) in [5, 5.41) is 24.6. The van der Waals surface area contributed by atoms with Gasteiger partial charge in [-0.3, -0.25) is 34.3 Å². The first-order valence-electron chi connectivity index (χ1n) is 17.7. The van der Waals surface area contributed by atoms with E-state index >= 15 is 0 Å². The van der Waals surface area contributed by atoms with Crippen molar-refractivity contribution in [1.29, 1.82) is 0 Å². The second-order valence-electron chi connectivity index (χ2n) is 13.2. The third-order valence-corrected chi connectivity index (χ3v) is 9.92. The van der Waals surface area contributed by atoms with Crippen molar-refractivity contribution >= 4 is 46.4 Å². The minimum absolute atomic E-state index is 0. The van der Waals surface area contributed by atoms with E-state index in [1.54, 1.807) is 24.3 Å². The van der Waals surface area contributed by atoms with E-state index in [-0.39, 0.29) is 68.3 Å². The molecule has 0 saturated heterocycles. The summed E-state index contributed by atoms with van der Waals surface area (Å²) in [5.74, 6) is -1.52. The van der Waals surface area contributed by atoms with Gasteiger partial charge < -0.3 is 29.4 Å². The average molecular weight is 805 g/mol. The third-order valence-electron chi connectivity index (χ3n) is 9.92. The zero-order chi connectivity index (χ0) is 40.4. The van der Waals surface area contributed by atoms with Gasteiger partial charge in [-0.2, -0.15) is 0 Å². The monoisotopic (exact) mass is 804 g/mol. The second kappa shape index (κ2) is 17.8. The molecule has 0 unspecified atom stereocenters. The molecular weight excluding hydrogens is 761 g/mol. The number of amides is 3. The fourth-order valence-corrected chi connectivity index (χ4v) is 7.18. The molecule has 306 valence electrons. The van der Waals surface area contributed by atoms with E-state index in [2.05, 4.69) is 5.32 Å². The number of nitro groups is 1. The maximum Gasteiger partial charge on any atom is 0.329 e. The van der Waals surface area contributed by atoms with Crippen LogP contribution in [0.25, 0.3) is 0 Å². The Morgan fingerprint density at radius 1 is 0.814 bits per heavy atom. The van der Waals surface area contributed by atoms with Crippen LogP contribution in [-0.4, -0.2) is 67.1 Å². The zero-order valence-corrected chi connectivity index (χ0v) is 31.0. The normalized spacial score (nSPS) is 15.5. The van der Waals surface area contributed by atoms with Gasteiger partial charge in [0, 0.05) is 36.3 Å². The molecule has 15 nitrogen and oxygen atoms in total. The highest BCUT2D eigenvalue weighted by atomic mass is 16.6. The van der Waals surface area contributed by atoms with Gasteiger partial charge in [0.25, 0.3) is 17.5 Å². The number of hydrogen-bond acceptors (Lipinski definition) is 11. The predicted molar refractivity (Wildman–Crippen MR) is 221 cm³/mol. The molecule has 0 spiro atoms. The lowest BCUT2D eigenvalue weighted by atomic mass is 10.1. The Labute approximate surface area is 340 Å². The molecule has 2 atom stereocenters. The van der Waals surface area contributed by atoms with Crippen molar-refractivity contribution in [2.75, 3.05) is 36.4 Å². The van der Waals surface area contributed by atoms with Gasteiger partial charge in [0.2, 0.25) is 5.91 Å². The number of para-hydroxylation sites is 2. The van der Waals surface area contributed by atoms with Crippen LogP contribution in [-0.2, 0) is 33.8 Å². The number of aromatic hydroxyl groups is 1. The van der Waals surface area contributed by atoms with Gasteiger partial charge in [-0.25, -0.2) is 4.79 Å². The number of nitrogens with zero attached hydrogens (tertiary/aromatic N) is 3. The van der Waals surface area contributed by atoms with Gasteiger partial charge >= 0.3 is 5.97 Å². The number of carbonyl (C=O) groups is 4. The molecule has 15 heteroatoms. The van der Waals surface area contributed by atoms with E-state index in [9.17, 15) is 34.4 Å². The predicted octanol–water partition coefficient (Wildman–Crippen LogP) is 7.12. The fraction of sp³-hybridized carbons (Fsp3) is 0.227. The first kappa shape index (κ1) is 42.7. The number of carbonyl (C=O) groups excluding carboxylic acids is 4. The van der Waals surface area contributed by atoms with Crippen LogP contribution in [0.3, 0.4) is 0 Å². The molecule has 5 aromatic carbocycles. The average Bonchev–Trinajstić information content (AvgIpc) is 3.80. The number of rotatable bonds is 8. The van der Waals surface area contributed by atoms with Crippen molar-refractivity contribution in [1.82, 2.24) is 0 Å². The highest BCUT2D eigenvalue weighted by Gasteiger charge is 2.43. The second-order valence-corrected chi connectivity index (χ2v) is 13.2. The number of phenolic OH excluding ortho intramolecular Hbond substituents is 1. The molecule has 3 aliphatic rings. The summed E-state index contributed by atoms with van der Waals surface area (Å²) in [6.45, 7) is 0.158. The topological polar surface area (TPSA) is 187 Å². The highest BCUT2D eigenvalue weighted by molar-refractivity contribution is 6.20. The molecule has 0 fully saturated rings. The molecule has 8 rings (SSSR count). The van der Waals surface area contributed by atoms with Crippen LogP contribution in [0.5, 0.6) is 23.0 Å². The smallest absolute Gasteiger partial charge is 0.329 e. The number of fused-ring (bicyclic) bond motifs is 5. The number of nitro benzene ring substituents is 1. The largest absolute Gasteiger partial charge is 0.504 e. The molecule has 0 aliphatic carbocycles. The van der Waals surface area contributed by atoms with Crippen LogP contribution in [0.1, 0.15) is 52.3 Å². The quantitative estimate of drug-likeness (QED) is 0.0924. The zero-order valence-electron chi connectivity index (χ0n) is 31.0. The van der Waals surface area contributed by atoms with E-state index in [1.807, 2.05) is 54.6 Å². The molecule has 0 bridgehead atoms. The Morgan fingerprint density at radius 3 is 2.08 bits per heavy atom. The summed E-state index contributed by atoms with van der Waals surface area (Å²) >= 11 is 0. The lowest BCUT2D eigenvalue weighted by molar-refractivity contribution is -0.385. The lowest BCUT2D eigenvalue weighted by Crippen LogP contribution is -2.43. The van der Waals surface area contributed by atoms with E-state index < -0.39 is 34.6 Å². The van der Waals surface area contributed by atoms with Crippen molar-refractivity contribution in [2.45, 2.75) is 46.4 Å². The van der Waals surface area contributed by atoms with Gasteiger partial charge in [0.05, 0.1) is 43.6 Å². The van der Waals surface area contributed by atoms with Crippen molar-refractivity contribution in [3.63, 3.8) is 0 Å². The first-order valence-corrected chi connectivity index (χ1v) is 17.7. The Morgan fingerprint density at radius 2 is 1.44 bits per heavy atom. The van der Waals surface area contributed by atoms with Gasteiger partial charge in [0.1, 0.15) is 24.3 Å². The summed E-state index contributed by atoms with van der Waals surface area (Å²) in [6, 6.07) is 27.5. The standard InChI is InChI=1S/C25H22N2O7.C17H14N2O4.2CH4/c1-32-22-13-18(20(27(30)31)14-23(22)34-15-16-8-4-3-5-9-16)24(28)26-19-11-7-6-10-17(19)12-21(26)25(29)33-2;1-23-15-7-10-11(8-14(15)20)18-16(21)13-6-9-4-2-3-5-12(9)19(13)17(10)22;;/h3-11,13-14,21H,12,15H2,1-2H3;2-5,7-8,13,20H,6H2,1H3,(H,18,21);2*1H4/t21-;13-;;/m00../s1. The molecule has 59 heavy (non-hydrogen) atoms. The summed E-state index contributed by atoms with van der Waals surface area (Å²) in [7, 11) is 4.03. The van der Waals surface area contributed by atoms with Crippen LogP contribution in [0.4, 0.5) is 22.7 Å². The van der Waals surface area contributed by atoms with Crippen molar-refractivity contribution < 1.29 is 48.2 Å². The van der Waals surface area contributed by atoms with Crippen LogP contribution in [0, 0.1) is 10.1 Å². The van der Waals surface area contributed by atoms with E-state index in [1.165, 1.54) is 55.4 Å². The van der Waals surface area contributed by atoms with E-state index in [4.69, 9.17) is 18.9 Å². The molecule has 0 saturated carbocycles. The molecule has 3 aliphatic heterocycles. The summed E-state index contributed by atoms with van der Waals surface area (Å²) in [6.07, 6.45) is 0.725. The van der Waals surface area contributed by atoms with Crippen LogP contribution in [0.15, 0.2) is 103 Å². The van der Waals surface area contributed by atoms with Crippen molar-refractivity contribution in [3.8, 4) is 23.0 Å². The number of methoxy groups -OCH3 is 3. The minimum Gasteiger partial charge on any atom is -0.504 e. The minimum atomic E-state index is -0.936. The molecule has 0 radical (unpaired) electrons. The Balaban J connectivity index is 0.000000231. The summed E-state index contributed by atoms with van der Waals surface area (Å²) < 4.78 is 21.1. The Hall–Kier alpha value is -7.42. The van der Waals surface area contributed by atoms with Crippen LogP contribution < -0.4 is 29.3 Å². The maximum absolute atomic E-state index is 13.6. The van der Waals surface area contributed by atoms with Gasteiger partial charge in [0.15, 0.2) is 23.0 Å². The van der Waals surface area contributed by atoms with E-state index in [0.717, 1.165) is 22.4 Å². The molecule has 5 aromatic rings. The summed E-state index contributed by atoms with van der Waals surface area (Å²) in [5.41, 5.74) is 3.76. The summed E-state index contributed by atoms with van der Waals surface area (Å²) in [4.78, 5) is 65.7. The fourth-order valence-electron chi connectivity index (χ4n) is 7.18. The molecule has 3 heterocycles. The number of phenols is 1. The number of anilines is 3. The first-order chi connectivity index (χ1) is 27.5. The number of nitrogens with one attached hydrogen (secondary N) is 1. The molecular formula is C44H44N4O11. The van der Waals surface area contributed by atoms with Gasteiger partial charge in [-0.15, -0.1) is 0 Å². The van der Waals surface area contributed by atoms with Crippen molar-refractivity contribution in [2.24, 2.45) is 0 Å². The van der Waals surface area contributed by atoms with Crippen molar-refractivity contribution in [3.05, 3.63) is 141 Å². The van der Waals surface area contributed by atoms with Gasteiger partial charge in [-0.05, 0) is 34.9 Å². The van der Waals surface area contributed by atoms with Crippen LogP contribution >= 0.6 is 0 Å². The van der Waals surface area contributed by atoms with Gasteiger partial charge in [-0.1, -0.05) is 81.6 Å². The molecule has 0 aromatic heterocycles. The number of ether oxygens (including phenoxy) is 4. The van der Waals surface area contributed by atoms with Crippen LogP contribution in [0.2, 0.25) is 0 Å². The number of benzene rings is 5. The number of esters is 1. The number of hydrogen-bond donors (Lipinski definition) is 2. The molecule has 2 N–H and O–H groups in total. The maximum atomic E-state index is 13.6.